The summed E-state index contributed by atoms with van der Waals surface area (Å²) in [6.45, 7) is 0. The van der Waals surface area contributed by atoms with Gasteiger partial charge < -0.3 is 15.2 Å². The van der Waals surface area contributed by atoms with Crippen LogP contribution in [0.3, 0.4) is 0 Å². The van der Waals surface area contributed by atoms with Gasteiger partial charge in [-0.15, -0.1) is 11.8 Å². The standard InChI is InChI=1S/C13H17NO3S2/c1-17-10-4-2-9(3-5-10)7-18-11-6-12(19-8-11)14-13(15)16/h2-5,11-12,14H,6-8H2,1H3,(H,15,16). The highest BCUT2D eigenvalue weighted by Gasteiger charge is 2.26. The molecule has 2 atom stereocenters. The number of ether oxygens (including phenoxy) is 1. The molecule has 0 bridgehead atoms. The molecule has 0 saturated carbocycles. The molecule has 1 fully saturated rings. The van der Waals surface area contributed by atoms with E-state index in [-0.39, 0.29) is 5.37 Å². The summed E-state index contributed by atoms with van der Waals surface area (Å²) in [5.41, 5.74) is 1.27. The Hall–Kier alpha value is -1.01. The number of nitrogens with one attached hydrogen (secondary N) is 1. The monoisotopic (exact) mass is 299 g/mol. The first-order valence-corrected chi connectivity index (χ1v) is 8.12. The molecule has 0 spiro atoms. The van der Waals surface area contributed by atoms with Gasteiger partial charge >= 0.3 is 6.09 Å². The second kappa shape index (κ2) is 6.96. The van der Waals surface area contributed by atoms with Crippen LogP contribution in [0.2, 0.25) is 0 Å². The third-order valence-electron chi connectivity index (χ3n) is 2.89. The molecule has 1 amide bonds. The first-order chi connectivity index (χ1) is 9.17. The molecular weight excluding hydrogens is 282 g/mol. The summed E-state index contributed by atoms with van der Waals surface area (Å²) in [5, 5.41) is 11.8. The maximum Gasteiger partial charge on any atom is 0.405 e. The molecule has 1 saturated heterocycles. The Balaban J connectivity index is 1.75. The Bertz CT molecular complexity index is 424. The molecule has 1 aromatic carbocycles. The fourth-order valence-electron chi connectivity index (χ4n) is 1.89. The molecule has 1 aliphatic heterocycles. The minimum absolute atomic E-state index is 0.0471. The lowest BCUT2D eigenvalue weighted by atomic mass is 10.2. The van der Waals surface area contributed by atoms with Crippen LogP contribution in [-0.2, 0) is 5.75 Å². The minimum atomic E-state index is -0.932. The summed E-state index contributed by atoms with van der Waals surface area (Å²) in [6.07, 6.45) is -0.0315. The molecular formula is C13H17NO3S2. The van der Waals surface area contributed by atoms with Crippen molar-refractivity contribution in [2.75, 3.05) is 12.9 Å². The molecule has 104 valence electrons. The molecule has 19 heavy (non-hydrogen) atoms. The van der Waals surface area contributed by atoms with Crippen molar-refractivity contribution < 1.29 is 14.6 Å². The number of methoxy groups -OCH3 is 1. The Kier molecular flexibility index (Phi) is 5.27. The van der Waals surface area contributed by atoms with Gasteiger partial charge in [0.2, 0.25) is 0 Å². The van der Waals surface area contributed by atoms with Crippen molar-refractivity contribution in [3.8, 4) is 5.75 Å². The van der Waals surface area contributed by atoms with E-state index in [1.54, 1.807) is 18.9 Å². The van der Waals surface area contributed by atoms with E-state index in [4.69, 9.17) is 9.84 Å². The molecule has 1 aliphatic rings. The average molecular weight is 299 g/mol. The fourth-order valence-corrected chi connectivity index (χ4v) is 4.72. The lowest BCUT2D eigenvalue weighted by Gasteiger charge is -2.10. The van der Waals surface area contributed by atoms with Crippen molar-refractivity contribution in [1.82, 2.24) is 5.32 Å². The number of rotatable bonds is 5. The second-order valence-electron chi connectivity index (χ2n) is 4.29. The molecule has 0 aliphatic carbocycles. The molecule has 2 N–H and O–H groups in total. The predicted octanol–water partition coefficient (Wildman–Crippen LogP) is 3.03. The van der Waals surface area contributed by atoms with Gasteiger partial charge in [0.25, 0.3) is 0 Å². The minimum Gasteiger partial charge on any atom is -0.497 e. The summed E-state index contributed by atoms with van der Waals surface area (Å²) in [5.74, 6) is 2.83. The topological polar surface area (TPSA) is 58.6 Å². The van der Waals surface area contributed by atoms with Crippen molar-refractivity contribution in [3.63, 3.8) is 0 Å². The van der Waals surface area contributed by atoms with E-state index in [2.05, 4.69) is 17.4 Å². The first kappa shape index (κ1) is 14.4. The molecule has 2 rings (SSSR count). The molecule has 2 unspecified atom stereocenters. The van der Waals surface area contributed by atoms with Crippen LogP contribution < -0.4 is 10.1 Å². The van der Waals surface area contributed by atoms with E-state index in [0.29, 0.717) is 5.25 Å². The van der Waals surface area contributed by atoms with Gasteiger partial charge in [-0.1, -0.05) is 12.1 Å². The van der Waals surface area contributed by atoms with Crippen LogP contribution in [0.1, 0.15) is 12.0 Å². The maximum atomic E-state index is 10.6. The largest absolute Gasteiger partial charge is 0.497 e. The molecule has 1 heterocycles. The number of hydrogen-bond donors (Lipinski definition) is 2. The summed E-state index contributed by atoms with van der Waals surface area (Å²) >= 11 is 3.57. The van der Waals surface area contributed by atoms with Crippen LogP contribution in [-0.4, -0.2) is 34.7 Å². The van der Waals surface area contributed by atoms with Gasteiger partial charge in [-0.3, -0.25) is 0 Å². The Morgan fingerprint density at radius 2 is 2.26 bits per heavy atom. The van der Waals surface area contributed by atoms with Gasteiger partial charge in [-0.05, 0) is 24.1 Å². The molecule has 0 radical (unpaired) electrons. The maximum absolute atomic E-state index is 10.6. The van der Waals surface area contributed by atoms with Gasteiger partial charge in [0.1, 0.15) is 5.75 Å². The van der Waals surface area contributed by atoms with E-state index in [0.717, 1.165) is 23.7 Å². The van der Waals surface area contributed by atoms with Crippen molar-refractivity contribution in [1.29, 1.82) is 0 Å². The first-order valence-electron chi connectivity index (χ1n) is 6.03. The fraction of sp³-hybridized carbons (Fsp3) is 0.462. The number of amides is 1. The molecule has 6 heteroatoms. The second-order valence-corrected chi connectivity index (χ2v) is 6.81. The van der Waals surface area contributed by atoms with E-state index in [1.807, 2.05) is 23.9 Å². The van der Waals surface area contributed by atoms with E-state index < -0.39 is 6.09 Å². The molecule has 1 aromatic rings. The summed E-state index contributed by atoms with van der Waals surface area (Å²) < 4.78 is 5.12. The molecule has 4 nitrogen and oxygen atoms in total. The van der Waals surface area contributed by atoms with Gasteiger partial charge in [0, 0.05) is 16.8 Å². The Labute approximate surface area is 121 Å². The van der Waals surface area contributed by atoms with Crippen LogP contribution in [0.5, 0.6) is 5.75 Å². The van der Waals surface area contributed by atoms with Gasteiger partial charge in [-0.25, -0.2) is 4.79 Å². The van der Waals surface area contributed by atoms with Crippen molar-refractivity contribution in [3.05, 3.63) is 29.8 Å². The number of carbonyl (C=O) groups is 1. The van der Waals surface area contributed by atoms with Crippen LogP contribution >= 0.6 is 23.5 Å². The smallest absolute Gasteiger partial charge is 0.405 e. The number of carboxylic acid groups (broad SMARTS) is 1. The number of thioether (sulfide) groups is 2. The van der Waals surface area contributed by atoms with Crippen LogP contribution in [0.15, 0.2) is 24.3 Å². The predicted molar refractivity (Wildman–Crippen MR) is 80.1 cm³/mol. The van der Waals surface area contributed by atoms with E-state index >= 15 is 0 Å². The van der Waals surface area contributed by atoms with Gasteiger partial charge in [-0.2, -0.15) is 11.8 Å². The zero-order valence-electron chi connectivity index (χ0n) is 10.7. The van der Waals surface area contributed by atoms with E-state index in [1.165, 1.54) is 5.56 Å². The summed E-state index contributed by atoms with van der Waals surface area (Å²) in [4.78, 5) is 10.6. The zero-order valence-corrected chi connectivity index (χ0v) is 12.3. The van der Waals surface area contributed by atoms with Crippen molar-refractivity contribution in [2.45, 2.75) is 22.8 Å². The van der Waals surface area contributed by atoms with Crippen LogP contribution in [0.25, 0.3) is 0 Å². The Morgan fingerprint density at radius 3 is 2.89 bits per heavy atom. The van der Waals surface area contributed by atoms with Crippen LogP contribution in [0.4, 0.5) is 4.79 Å². The summed E-state index contributed by atoms with van der Waals surface area (Å²) in [6, 6.07) is 8.07. The lowest BCUT2D eigenvalue weighted by molar-refractivity contribution is 0.193. The highest BCUT2D eigenvalue weighted by atomic mass is 32.2. The SMILES string of the molecule is COc1ccc(CSC2CSC(NC(=O)O)C2)cc1. The summed E-state index contributed by atoms with van der Waals surface area (Å²) in [7, 11) is 1.66. The third-order valence-corrected chi connectivity index (χ3v) is 5.74. The number of benzene rings is 1. The lowest BCUT2D eigenvalue weighted by Crippen LogP contribution is -2.29. The van der Waals surface area contributed by atoms with Crippen LogP contribution in [0, 0.1) is 0 Å². The quantitative estimate of drug-likeness (QED) is 0.875. The van der Waals surface area contributed by atoms with Gasteiger partial charge in [0.15, 0.2) is 0 Å². The van der Waals surface area contributed by atoms with Gasteiger partial charge in [0.05, 0.1) is 12.5 Å². The zero-order chi connectivity index (χ0) is 13.7. The van der Waals surface area contributed by atoms with Crippen molar-refractivity contribution >= 4 is 29.6 Å². The van der Waals surface area contributed by atoms with Crippen molar-refractivity contribution in [2.24, 2.45) is 0 Å². The average Bonchev–Trinajstić information content (AvgIpc) is 2.84. The number of hydrogen-bond acceptors (Lipinski definition) is 4. The third kappa shape index (κ3) is 4.54. The van der Waals surface area contributed by atoms with E-state index in [9.17, 15) is 4.79 Å². The highest BCUT2D eigenvalue weighted by molar-refractivity contribution is 8.04. The normalized spacial score (nSPS) is 22.2. The Morgan fingerprint density at radius 1 is 1.53 bits per heavy atom. The molecule has 0 aromatic heterocycles. The highest BCUT2D eigenvalue weighted by Crippen LogP contribution is 2.34.